The number of nitrogens with zero attached hydrogens (tertiary/aromatic N) is 2. The van der Waals surface area contributed by atoms with E-state index in [0.29, 0.717) is 0 Å². The molecule has 1 aliphatic heterocycles. The van der Waals surface area contributed by atoms with Crippen LogP contribution in [0.15, 0.2) is 16.6 Å². The fourth-order valence-corrected chi connectivity index (χ4v) is 3.66. The molecule has 0 amide bonds. The molecule has 3 rings (SSSR count). The highest BCUT2D eigenvalue weighted by Gasteiger charge is 2.20. The number of hydrogen-bond donors (Lipinski definition) is 1. The minimum absolute atomic E-state index is 0. The number of rotatable bonds is 1. The van der Waals surface area contributed by atoms with Gasteiger partial charge in [0.1, 0.15) is 0 Å². The van der Waals surface area contributed by atoms with E-state index in [1.54, 1.807) is 0 Å². The van der Waals surface area contributed by atoms with Gasteiger partial charge in [-0.2, -0.15) is 0 Å². The van der Waals surface area contributed by atoms with E-state index in [-0.39, 0.29) is 12.4 Å². The van der Waals surface area contributed by atoms with Crippen molar-refractivity contribution >= 4 is 56.5 Å². The number of hydrogen-bond acceptors (Lipinski definition) is 3. The Labute approximate surface area is 144 Å². The Balaban J connectivity index is 0.00000161. The van der Waals surface area contributed by atoms with Gasteiger partial charge in [-0.05, 0) is 47.5 Å². The average molecular weight is 391 g/mol. The molecule has 1 saturated heterocycles. The molecule has 1 N–H and O–H groups in total. The summed E-state index contributed by atoms with van der Waals surface area (Å²) in [5.74, 6) is 0. The van der Waals surface area contributed by atoms with Crippen LogP contribution in [-0.2, 0) is 0 Å². The zero-order valence-corrected chi connectivity index (χ0v) is 15.2. The van der Waals surface area contributed by atoms with Crippen molar-refractivity contribution in [1.82, 2.24) is 10.3 Å². The van der Waals surface area contributed by atoms with Crippen molar-refractivity contribution in [2.75, 3.05) is 31.1 Å². The van der Waals surface area contributed by atoms with E-state index < -0.39 is 0 Å². The SMILES string of the molecule is Cc1cc(Br)c2nc(C)c(Cl)c(N3CCNCC3)c2c1.Cl. The predicted molar refractivity (Wildman–Crippen MR) is 96.3 cm³/mol. The Morgan fingerprint density at radius 1 is 1.24 bits per heavy atom. The van der Waals surface area contributed by atoms with Crippen molar-refractivity contribution in [3.05, 3.63) is 32.9 Å². The van der Waals surface area contributed by atoms with Gasteiger partial charge in [0.05, 0.1) is 21.9 Å². The number of pyridine rings is 1. The predicted octanol–water partition coefficient (Wildman–Crippen LogP) is 4.10. The summed E-state index contributed by atoms with van der Waals surface area (Å²) in [5.41, 5.74) is 4.21. The molecule has 0 radical (unpaired) electrons. The number of piperazine rings is 1. The van der Waals surface area contributed by atoms with Crippen LogP contribution in [-0.4, -0.2) is 31.2 Å². The molecule has 0 unspecified atom stereocenters. The van der Waals surface area contributed by atoms with E-state index in [0.717, 1.165) is 58.0 Å². The first-order valence-corrected chi connectivity index (χ1v) is 7.96. The van der Waals surface area contributed by atoms with Crippen molar-refractivity contribution in [2.24, 2.45) is 0 Å². The summed E-state index contributed by atoms with van der Waals surface area (Å²) in [6.07, 6.45) is 0. The number of aromatic nitrogens is 1. The minimum atomic E-state index is 0. The molecule has 2 aromatic rings. The van der Waals surface area contributed by atoms with Gasteiger partial charge in [-0.3, -0.25) is 4.98 Å². The summed E-state index contributed by atoms with van der Waals surface area (Å²) in [5, 5.41) is 5.29. The van der Waals surface area contributed by atoms with Gasteiger partial charge in [-0.1, -0.05) is 11.6 Å². The smallest absolute Gasteiger partial charge is 0.0869 e. The highest BCUT2D eigenvalue weighted by Crippen LogP contribution is 2.38. The fraction of sp³-hybridized carbons (Fsp3) is 0.400. The molecule has 1 fully saturated rings. The highest BCUT2D eigenvalue weighted by atomic mass is 79.9. The first kappa shape index (κ1) is 16.8. The van der Waals surface area contributed by atoms with Gasteiger partial charge in [-0.25, -0.2) is 0 Å². The number of nitrogens with one attached hydrogen (secondary N) is 1. The molecule has 0 saturated carbocycles. The topological polar surface area (TPSA) is 28.2 Å². The van der Waals surface area contributed by atoms with E-state index in [1.807, 2.05) is 6.92 Å². The zero-order valence-electron chi connectivity index (χ0n) is 12.0. The standard InChI is InChI=1S/C15H17BrClN3.ClH/c1-9-7-11-14(12(16)8-9)19-10(2)13(17)15(11)20-5-3-18-4-6-20;/h7-8,18H,3-6H2,1-2H3;1H. The molecule has 2 heterocycles. The van der Waals surface area contributed by atoms with Gasteiger partial charge in [0.15, 0.2) is 0 Å². The largest absolute Gasteiger partial charge is 0.367 e. The van der Waals surface area contributed by atoms with E-state index in [1.165, 1.54) is 5.56 Å². The summed E-state index contributed by atoms with van der Waals surface area (Å²) in [4.78, 5) is 7.01. The van der Waals surface area contributed by atoms with Gasteiger partial charge in [0.25, 0.3) is 0 Å². The molecular formula is C15H18BrCl2N3. The summed E-state index contributed by atoms with van der Waals surface area (Å²) in [7, 11) is 0. The lowest BCUT2D eigenvalue weighted by Gasteiger charge is -2.31. The van der Waals surface area contributed by atoms with E-state index in [9.17, 15) is 0 Å². The monoisotopic (exact) mass is 389 g/mol. The van der Waals surface area contributed by atoms with E-state index >= 15 is 0 Å². The van der Waals surface area contributed by atoms with Crippen LogP contribution in [0, 0.1) is 13.8 Å². The van der Waals surface area contributed by atoms with Crippen LogP contribution >= 0.6 is 39.9 Å². The van der Waals surface area contributed by atoms with Gasteiger partial charge in [0.2, 0.25) is 0 Å². The quantitative estimate of drug-likeness (QED) is 0.794. The van der Waals surface area contributed by atoms with Crippen molar-refractivity contribution in [3.63, 3.8) is 0 Å². The second-order valence-electron chi connectivity index (χ2n) is 5.24. The molecule has 21 heavy (non-hydrogen) atoms. The fourth-order valence-electron chi connectivity index (χ4n) is 2.73. The van der Waals surface area contributed by atoms with Crippen molar-refractivity contribution in [2.45, 2.75) is 13.8 Å². The normalized spacial score (nSPS) is 15.1. The maximum absolute atomic E-state index is 6.57. The van der Waals surface area contributed by atoms with Crippen molar-refractivity contribution < 1.29 is 0 Å². The first-order valence-electron chi connectivity index (χ1n) is 6.79. The molecule has 0 bridgehead atoms. The van der Waals surface area contributed by atoms with E-state index in [4.69, 9.17) is 11.6 Å². The lowest BCUT2D eigenvalue weighted by atomic mass is 10.1. The number of fused-ring (bicyclic) bond motifs is 1. The Morgan fingerprint density at radius 3 is 2.57 bits per heavy atom. The van der Waals surface area contributed by atoms with Gasteiger partial charge >= 0.3 is 0 Å². The third-order valence-electron chi connectivity index (χ3n) is 3.70. The maximum atomic E-state index is 6.57. The average Bonchev–Trinajstić information content (AvgIpc) is 2.42. The molecule has 0 aliphatic carbocycles. The van der Waals surface area contributed by atoms with Crippen LogP contribution in [0.25, 0.3) is 10.9 Å². The van der Waals surface area contributed by atoms with Crippen LogP contribution in [0.3, 0.4) is 0 Å². The number of anilines is 1. The van der Waals surface area contributed by atoms with Crippen molar-refractivity contribution in [3.8, 4) is 0 Å². The van der Waals surface area contributed by atoms with Crippen molar-refractivity contribution in [1.29, 1.82) is 0 Å². The maximum Gasteiger partial charge on any atom is 0.0869 e. The van der Waals surface area contributed by atoms with Gasteiger partial charge < -0.3 is 10.2 Å². The summed E-state index contributed by atoms with van der Waals surface area (Å²) >= 11 is 10.2. The van der Waals surface area contributed by atoms with Crippen LogP contribution in [0.2, 0.25) is 5.02 Å². The van der Waals surface area contributed by atoms with Crippen LogP contribution in [0.4, 0.5) is 5.69 Å². The first-order chi connectivity index (χ1) is 9.58. The lowest BCUT2D eigenvalue weighted by molar-refractivity contribution is 0.590. The number of halogens is 3. The molecule has 1 aliphatic rings. The molecule has 0 atom stereocenters. The van der Waals surface area contributed by atoms with E-state index in [2.05, 4.69) is 50.2 Å². The van der Waals surface area contributed by atoms with Gasteiger partial charge in [-0.15, -0.1) is 12.4 Å². The number of aryl methyl sites for hydroxylation is 2. The van der Waals surface area contributed by atoms with Crippen LogP contribution in [0.5, 0.6) is 0 Å². The van der Waals surface area contributed by atoms with Crippen LogP contribution in [0.1, 0.15) is 11.3 Å². The Bertz CT molecular complexity index is 670. The summed E-state index contributed by atoms with van der Waals surface area (Å²) in [6, 6.07) is 4.28. The second kappa shape index (κ2) is 6.69. The third-order valence-corrected chi connectivity index (χ3v) is 4.76. The minimum Gasteiger partial charge on any atom is -0.367 e. The zero-order chi connectivity index (χ0) is 14.3. The second-order valence-corrected chi connectivity index (χ2v) is 6.47. The highest BCUT2D eigenvalue weighted by molar-refractivity contribution is 9.10. The molecule has 6 heteroatoms. The molecule has 3 nitrogen and oxygen atoms in total. The Morgan fingerprint density at radius 2 is 1.90 bits per heavy atom. The van der Waals surface area contributed by atoms with Gasteiger partial charge in [0, 0.05) is 36.0 Å². The molecule has 1 aromatic heterocycles. The summed E-state index contributed by atoms with van der Waals surface area (Å²) < 4.78 is 1.03. The molecule has 114 valence electrons. The molecule has 0 spiro atoms. The summed E-state index contributed by atoms with van der Waals surface area (Å²) in [6.45, 7) is 8.01. The Kier molecular flexibility index (Phi) is 5.36. The lowest BCUT2D eigenvalue weighted by Crippen LogP contribution is -2.43. The van der Waals surface area contributed by atoms with Crippen LogP contribution < -0.4 is 10.2 Å². The number of benzene rings is 1. The molecular weight excluding hydrogens is 373 g/mol. The Hall–Kier alpha value is -0.550. The third kappa shape index (κ3) is 3.14. The molecule has 1 aromatic carbocycles.